The molecule has 0 aliphatic heterocycles. The molecule has 1 aromatic heterocycles. The third kappa shape index (κ3) is 7.28. The summed E-state index contributed by atoms with van der Waals surface area (Å²) >= 11 is 6.47. The number of carbonyl (C=O) groups excluding carboxylic acids is 2. The van der Waals surface area contributed by atoms with E-state index in [2.05, 4.69) is 43.5 Å². The molecule has 0 bridgehead atoms. The summed E-state index contributed by atoms with van der Waals surface area (Å²) in [5.74, 6) is 0.977. The number of aryl methyl sites for hydroxylation is 2. The van der Waals surface area contributed by atoms with Crippen LogP contribution in [0.2, 0.25) is 0 Å². The molecule has 6 nitrogen and oxygen atoms in total. The first-order chi connectivity index (χ1) is 14.3. The Hall–Kier alpha value is -1.58. The van der Waals surface area contributed by atoms with Crippen LogP contribution >= 0.6 is 39.5 Å². The Morgan fingerprint density at radius 2 is 2.00 bits per heavy atom. The Labute approximate surface area is 194 Å². The molecule has 0 aliphatic carbocycles. The fourth-order valence-corrected chi connectivity index (χ4v) is 4.19. The van der Waals surface area contributed by atoms with Gasteiger partial charge in [0.05, 0.1) is 4.47 Å². The number of amides is 2. The van der Waals surface area contributed by atoms with Gasteiger partial charge in [-0.05, 0) is 66.3 Å². The highest BCUT2D eigenvalue weighted by molar-refractivity contribution is 9.10. The fraction of sp³-hybridized carbons (Fsp3) is 0.429. The van der Waals surface area contributed by atoms with Gasteiger partial charge in [-0.1, -0.05) is 36.4 Å². The largest absolute Gasteiger partial charge is 0.339 e. The van der Waals surface area contributed by atoms with Crippen LogP contribution in [-0.4, -0.2) is 45.6 Å². The van der Waals surface area contributed by atoms with E-state index >= 15 is 0 Å². The van der Waals surface area contributed by atoms with Crippen LogP contribution in [0.4, 0.5) is 5.69 Å². The first-order valence-electron chi connectivity index (χ1n) is 9.69. The van der Waals surface area contributed by atoms with Gasteiger partial charge in [0, 0.05) is 17.6 Å². The van der Waals surface area contributed by atoms with Crippen LogP contribution in [0.25, 0.3) is 0 Å². The summed E-state index contributed by atoms with van der Waals surface area (Å²) in [6.07, 6.45) is 5.05. The molecule has 2 N–H and O–H groups in total. The number of rotatable bonds is 10. The SMILES string of the molecule is CCCSc1ncc(Br)c(C(=O)N[C@@H](CCSC)C(=O)Nc2ccc(C)cc2C)n1. The number of thioether (sulfide) groups is 2. The van der Waals surface area contributed by atoms with E-state index in [1.807, 2.05) is 38.3 Å². The van der Waals surface area contributed by atoms with Crippen LogP contribution in [0.1, 0.15) is 41.4 Å². The van der Waals surface area contributed by atoms with Gasteiger partial charge < -0.3 is 10.6 Å². The normalized spacial score (nSPS) is 11.8. The van der Waals surface area contributed by atoms with Crippen LogP contribution in [0.3, 0.4) is 0 Å². The molecule has 1 heterocycles. The van der Waals surface area contributed by atoms with E-state index in [0.29, 0.717) is 16.0 Å². The van der Waals surface area contributed by atoms with E-state index in [1.54, 1.807) is 18.0 Å². The molecule has 2 rings (SSSR count). The molecular weight excluding hydrogens is 484 g/mol. The van der Waals surface area contributed by atoms with Crippen molar-refractivity contribution in [3.63, 3.8) is 0 Å². The molecule has 1 aromatic carbocycles. The van der Waals surface area contributed by atoms with Gasteiger partial charge in [0.1, 0.15) is 11.7 Å². The van der Waals surface area contributed by atoms with Crippen LogP contribution in [0.5, 0.6) is 0 Å². The van der Waals surface area contributed by atoms with Crippen molar-refractivity contribution >= 4 is 57.0 Å². The standard InChI is InChI=1S/C21H27BrN4O2S2/c1-5-9-30-21-23-12-15(22)18(26-21)20(28)25-17(8-10-29-4)19(27)24-16-7-6-13(2)11-14(16)3/h6-7,11-12,17H,5,8-10H2,1-4H3,(H,24,27)(H,25,28)/t17-/m0/s1. The zero-order chi connectivity index (χ0) is 22.1. The lowest BCUT2D eigenvalue weighted by atomic mass is 10.1. The monoisotopic (exact) mass is 510 g/mol. The van der Waals surface area contributed by atoms with Gasteiger partial charge in [-0.15, -0.1) is 0 Å². The maximum Gasteiger partial charge on any atom is 0.271 e. The predicted octanol–water partition coefficient (Wildman–Crippen LogP) is 4.85. The topological polar surface area (TPSA) is 84.0 Å². The van der Waals surface area contributed by atoms with E-state index in [9.17, 15) is 9.59 Å². The minimum Gasteiger partial charge on any atom is -0.339 e. The van der Waals surface area contributed by atoms with Crippen LogP contribution in [0.15, 0.2) is 34.0 Å². The van der Waals surface area contributed by atoms with Crippen molar-refractivity contribution < 1.29 is 9.59 Å². The molecule has 30 heavy (non-hydrogen) atoms. The van der Waals surface area contributed by atoms with Gasteiger partial charge in [0.15, 0.2) is 5.16 Å². The smallest absolute Gasteiger partial charge is 0.271 e. The third-order valence-corrected chi connectivity index (χ3v) is 6.54. The average Bonchev–Trinajstić information content (AvgIpc) is 2.72. The molecule has 0 radical (unpaired) electrons. The molecule has 0 saturated carbocycles. The number of halogens is 1. The molecule has 0 saturated heterocycles. The molecule has 2 amide bonds. The second-order valence-electron chi connectivity index (χ2n) is 6.81. The quantitative estimate of drug-likeness (QED) is 0.351. The third-order valence-electron chi connectivity index (χ3n) is 4.24. The molecule has 0 aliphatic rings. The zero-order valence-electron chi connectivity index (χ0n) is 17.6. The minimum absolute atomic E-state index is 0.233. The lowest BCUT2D eigenvalue weighted by molar-refractivity contribution is -0.118. The summed E-state index contributed by atoms with van der Waals surface area (Å²) in [5, 5.41) is 6.34. The number of nitrogens with zero attached hydrogens (tertiary/aromatic N) is 2. The molecule has 162 valence electrons. The number of hydrogen-bond acceptors (Lipinski definition) is 6. The first-order valence-corrected chi connectivity index (χ1v) is 12.9. The lowest BCUT2D eigenvalue weighted by Gasteiger charge is -2.19. The molecule has 0 spiro atoms. The van der Waals surface area contributed by atoms with Gasteiger partial charge in [-0.3, -0.25) is 9.59 Å². The van der Waals surface area contributed by atoms with Crippen molar-refractivity contribution in [3.8, 4) is 0 Å². The first kappa shape index (κ1) is 24.7. The van der Waals surface area contributed by atoms with Crippen molar-refractivity contribution in [1.29, 1.82) is 0 Å². The summed E-state index contributed by atoms with van der Waals surface area (Å²) in [6.45, 7) is 6.03. The van der Waals surface area contributed by atoms with Gasteiger partial charge in [-0.25, -0.2) is 9.97 Å². The second-order valence-corrected chi connectivity index (χ2v) is 9.71. The maximum absolute atomic E-state index is 12.9. The number of hydrogen-bond donors (Lipinski definition) is 2. The summed E-state index contributed by atoms with van der Waals surface area (Å²) in [4.78, 5) is 34.4. The van der Waals surface area contributed by atoms with Crippen molar-refractivity contribution in [2.75, 3.05) is 23.1 Å². The summed E-state index contributed by atoms with van der Waals surface area (Å²) in [6, 6.07) is 5.18. The zero-order valence-corrected chi connectivity index (χ0v) is 20.8. The summed E-state index contributed by atoms with van der Waals surface area (Å²) < 4.78 is 0.499. The van der Waals surface area contributed by atoms with E-state index in [-0.39, 0.29) is 11.6 Å². The predicted molar refractivity (Wildman–Crippen MR) is 130 cm³/mol. The fourth-order valence-electron chi connectivity index (χ4n) is 2.68. The maximum atomic E-state index is 12.9. The molecule has 0 fully saturated rings. The van der Waals surface area contributed by atoms with Crippen LogP contribution in [-0.2, 0) is 4.79 Å². The Bertz CT molecular complexity index is 895. The minimum atomic E-state index is -0.667. The summed E-state index contributed by atoms with van der Waals surface area (Å²) in [5.41, 5.74) is 3.09. The number of benzene rings is 1. The molecule has 0 unspecified atom stereocenters. The number of carbonyl (C=O) groups is 2. The molecule has 1 atom stereocenters. The van der Waals surface area contributed by atoms with Crippen LogP contribution in [0, 0.1) is 13.8 Å². The molecule has 2 aromatic rings. The highest BCUT2D eigenvalue weighted by Crippen LogP contribution is 2.20. The van der Waals surface area contributed by atoms with Gasteiger partial charge >= 0.3 is 0 Å². The summed E-state index contributed by atoms with van der Waals surface area (Å²) in [7, 11) is 0. The number of anilines is 1. The van der Waals surface area contributed by atoms with Gasteiger partial charge in [0.2, 0.25) is 5.91 Å². The Morgan fingerprint density at radius 3 is 2.67 bits per heavy atom. The highest BCUT2D eigenvalue weighted by Gasteiger charge is 2.24. The Balaban J connectivity index is 2.16. The van der Waals surface area contributed by atoms with E-state index < -0.39 is 11.9 Å². The second kappa shape index (κ2) is 12.3. The van der Waals surface area contributed by atoms with E-state index in [1.165, 1.54) is 11.8 Å². The number of aromatic nitrogens is 2. The average molecular weight is 512 g/mol. The van der Waals surface area contributed by atoms with Crippen molar-refractivity contribution in [1.82, 2.24) is 15.3 Å². The Morgan fingerprint density at radius 1 is 1.23 bits per heavy atom. The molecular formula is C21H27BrN4O2S2. The van der Waals surface area contributed by atoms with Crippen molar-refractivity contribution in [3.05, 3.63) is 45.7 Å². The van der Waals surface area contributed by atoms with Crippen molar-refractivity contribution in [2.45, 2.75) is 44.8 Å². The molecule has 9 heteroatoms. The number of nitrogens with one attached hydrogen (secondary N) is 2. The lowest BCUT2D eigenvalue weighted by Crippen LogP contribution is -2.44. The Kier molecular flexibility index (Phi) is 10.1. The van der Waals surface area contributed by atoms with Crippen molar-refractivity contribution in [2.24, 2.45) is 0 Å². The van der Waals surface area contributed by atoms with E-state index in [4.69, 9.17) is 0 Å². The van der Waals surface area contributed by atoms with Crippen LogP contribution < -0.4 is 10.6 Å². The van der Waals surface area contributed by atoms with Gasteiger partial charge in [0.25, 0.3) is 5.91 Å². The van der Waals surface area contributed by atoms with E-state index in [0.717, 1.165) is 34.7 Å². The highest BCUT2D eigenvalue weighted by atomic mass is 79.9. The van der Waals surface area contributed by atoms with Gasteiger partial charge in [-0.2, -0.15) is 11.8 Å².